The van der Waals surface area contributed by atoms with E-state index < -0.39 is 6.10 Å². The summed E-state index contributed by atoms with van der Waals surface area (Å²) in [5, 5.41) is 20.3. The average Bonchev–Trinajstić information content (AvgIpc) is 3.30. The number of aliphatic hydroxyl groups excluding tert-OH is 1. The van der Waals surface area contributed by atoms with E-state index in [1.807, 2.05) is 0 Å². The monoisotopic (exact) mass is 344 g/mol. The molecule has 1 aliphatic carbocycles. The molecule has 3 N–H and O–H groups in total. The molecular weight excluding hydrogens is 323 g/mol. The molecule has 1 fully saturated rings. The van der Waals surface area contributed by atoms with Crippen molar-refractivity contribution in [3.63, 3.8) is 0 Å². The Morgan fingerprint density at radius 1 is 1.32 bits per heavy atom. The van der Waals surface area contributed by atoms with Crippen molar-refractivity contribution in [2.75, 3.05) is 19.6 Å². The number of hydrogen-bond donors (Lipinski definition) is 3. The van der Waals surface area contributed by atoms with Gasteiger partial charge in [0.1, 0.15) is 5.82 Å². The van der Waals surface area contributed by atoms with Crippen molar-refractivity contribution < 1.29 is 14.3 Å². The van der Waals surface area contributed by atoms with Crippen LogP contribution in [0, 0.1) is 11.7 Å². The number of carbonyl (C=O) groups excluding carboxylic acids is 1. The molecular formula is C18H21FN4O2. The van der Waals surface area contributed by atoms with Crippen molar-refractivity contribution in [3.8, 4) is 5.69 Å². The zero-order valence-electron chi connectivity index (χ0n) is 13.8. The first-order valence-corrected chi connectivity index (χ1v) is 8.67. The first-order valence-electron chi connectivity index (χ1n) is 8.67. The number of benzene rings is 1. The summed E-state index contributed by atoms with van der Waals surface area (Å²) in [4.78, 5) is 12.6. The minimum Gasteiger partial charge on any atom is -0.391 e. The highest BCUT2D eigenvalue weighted by molar-refractivity contribution is 5.94. The van der Waals surface area contributed by atoms with Gasteiger partial charge in [-0.1, -0.05) is 0 Å². The van der Waals surface area contributed by atoms with Gasteiger partial charge < -0.3 is 15.7 Å². The summed E-state index contributed by atoms with van der Waals surface area (Å²) in [6.45, 7) is 1.68. The lowest BCUT2D eigenvalue weighted by molar-refractivity contribution is 0.0921. The van der Waals surface area contributed by atoms with Crippen LogP contribution in [0.5, 0.6) is 0 Å². The van der Waals surface area contributed by atoms with Gasteiger partial charge in [0.15, 0.2) is 5.69 Å². The zero-order valence-corrected chi connectivity index (χ0v) is 13.8. The molecule has 0 saturated carbocycles. The van der Waals surface area contributed by atoms with Gasteiger partial charge in [0.05, 0.1) is 11.8 Å². The van der Waals surface area contributed by atoms with E-state index in [-0.39, 0.29) is 17.6 Å². The lowest BCUT2D eigenvalue weighted by atomic mass is 10.1. The summed E-state index contributed by atoms with van der Waals surface area (Å²) in [6, 6.07) is 6.13. The number of rotatable bonds is 4. The highest BCUT2D eigenvalue weighted by Crippen LogP contribution is 2.28. The fourth-order valence-electron chi connectivity index (χ4n) is 3.65. The second-order valence-corrected chi connectivity index (χ2v) is 6.71. The molecule has 1 aliphatic heterocycles. The standard InChI is InChI=1S/C18H21FN4O2/c19-12-4-6-13(7-5-12)23-15-3-1-2-14(15)17(22-23)18(25)21-9-11-8-20-10-16(11)24/h4-7,11,16,20,24H,1-3,8-10H2,(H,21,25). The fourth-order valence-corrected chi connectivity index (χ4v) is 3.65. The van der Waals surface area contributed by atoms with E-state index in [4.69, 9.17) is 0 Å². The van der Waals surface area contributed by atoms with E-state index >= 15 is 0 Å². The van der Waals surface area contributed by atoms with Crippen molar-refractivity contribution in [2.45, 2.75) is 25.4 Å². The smallest absolute Gasteiger partial charge is 0.272 e. The van der Waals surface area contributed by atoms with Crippen molar-refractivity contribution in [3.05, 3.63) is 47.0 Å². The molecule has 1 aromatic heterocycles. The summed E-state index contributed by atoms with van der Waals surface area (Å²) in [5.41, 5.74) is 3.21. The number of fused-ring (bicyclic) bond motifs is 1. The summed E-state index contributed by atoms with van der Waals surface area (Å²) >= 11 is 0. The van der Waals surface area contributed by atoms with Gasteiger partial charge in [-0.2, -0.15) is 5.10 Å². The van der Waals surface area contributed by atoms with Crippen molar-refractivity contribution in [2.24, 2.45) is 5.92 Å². The first-order chi connectivity index (χ1) is 12.1. The predicted octanol–water partition coefficient (Wildman–Crippen LogP) is 0.810. The fraction of sp³-hybridized carbons (Fsp3) is 0.444. The average molecular weight is 344 g/mol. The van der Waals surface area contributed by atoms with Gasteiger partial charge >= 0.3 is 0 Å². The maximum absolute atomic E-state index is 13.2. The maximum Gasteiger partial charge on any atom is 0.272 e. The van der Waals surface area contributed by atoms with Crippen molar-refractivity contribution in [1.29, 1.82) is 0 Å². The Morgan fingerprint density at radius 3 is 2.84 bits per heavy atom. The minimum atomic E-state index is -0.428. The Hall–Kier alpha value is -2.25. The van der Waals surface area contributed by atoms with Gasteiger partial charge in [-0.25, -0.2) is 9.07 Å². The van der Waals surface area contributed by atoms with Crippen LogP contribution in [-0.4, -0.2) is 46.5 Å². The number of amides is 1. The number of nitrogens with zero attached hydrogens (tertiary/aromatic N) is 2. The number of β-amino-alcohol motifs (C(OH)–C–C–N with tert-alkyl or cyclic N) is 1. The number of aliphatic hydroxyl groups is 1. The van der Waals surface area contributed by atoms with Crippen LogP contribution in [0.3, 0.4) is 0 Å². The van der Waals surface area contributed by atoms with E-state index in [0.29, 0.717) is 25.3 Å². The van der Waals surface area contributed by atoms with E-state index in [1.165, 1.54) is 12.1 Å². The Bertz CT molecular complexity index is 787. The molecule has 132 valence electrons. The molecule has 2 heterocycles. The Morgan fingerprint density at radius 2 is 2.12 bits per heavy atom. The molecule has 1 saturated heterocycles. The van der Waals surface area contributed by atoms with E-state index in [2.05, 4.69) is 15.7 Å². The van der Waals surface area contributed by atoms with Crippen LogP contribution in [0.4, 0.5) is 4.39 Å². The summed E-state index contributed by atoms with van der Waals surface area (Å²) in [5.74, 6) is -0.483. The van der Waals surface area contributed by atoms with Gasteiger partial charge in [0.2, 0.25) is 0 Å². The maximum atomic E-state index is 13.2. The zero-order chi connectivity index (χ0) is 17.4. The number of carbonyl (C=O) groups is 1. The number of hydrogen-bond acceptors (Lipinski definition) is 4. The molecule has 4 rings (SSSR count). The second-order valence-electron chi connectivity index (χ2n) is 6.71. The number of nitrogens with one attached hydrogen (secondary N) is 2. The van der Waals surface area contributed by atoms with Crippen molar-refractivity contribution >= 4 is 5.91 Å². The third kappa shape index (κ3) is 3.05. The summed E-state index contributed by atoms with van der Waals surface area (Å²) in [6.07, 6.45) is 2.24. The second kappa shape index (κ2) is 6.57. The van der Waals surface area contributed by atoms with E-state index in [1.54, 1.807) is 16.8 Å². The first kappa shape index (κ1) is 16.2. The normalized spacial score (nSPS) is 22.2. The van der Waals surface area contributed by atoms with E-state index in [0.717, 1.165) is 36.2 Å². The quantitative estimate of drug-likeness (QED) is 0.767. The van der Waals surface area contributed by atoms with Crippen LogP contribution in [0.1, 0.15) is 28.2 Å². The molecule has 2 aliphatic rings. The van der Waals surface area contributed by atoms with Gasteiger partial charge in [0.25, 0.3) is 5.91 Å². The molecule has 2 atom stereocenters. The topological polar surface area (TPSA) is 79.2 Å². The highest BCUT2D eigenvalue weighted by atomic mass is 19.1. The third-order valence-corrected chi connectivity index (χ3v) is 5.05. The summed E-state index contributed by atoms with van der Waals surface area (Å²) in [7, 11) is 0. The highest BCUT2D eigenvalue weighted by Gasteiger charge is 2.29. The molecule has 2 aromatic rings. The molecule has 6 nitrogen and oxygen atoms in total. The SMILES string of the molecule is O=C(NCC1CNCC1O)c1nn(-c2ccc(F)cc2)c2c1CCC2. The molecule has 1 aromatic carbocycles. The lowest BCUT2D eigenvalue weighted by Crippen LogP contribution is -2.35. The molecule has 0 spiro atoms. The van der Waals surface area contributed by atoms with Crippen LogP contribution in [0.15, 0.2) is 24.3 Å². The molecule has 0 bridgehead atoms. The predicted molar refractivity (Wildman–Crippen MR) is 90.2 cm³/mol. The van der Waals surface area contributed by atoms with Gasteiger partial charge in [-0.05, 0) is 43.5 Å². The van der Waals surface area contributed by atoms with Crippen LogP contribution in [0.2, 0.25) is 0 Å². The van der Waals surface area contributed by atoms with Crippen LogP contribution < -0.4 is 10.6 Å². The molecule has 1 amide bonds. The van der Waals surface area contributed by atoms with Crippen LogP contribution in [0.25, 0.3) is 5.69 Å². The molecule has 0 radical (unpaired) electrons. The Balaban J connectivity index is 1.56. The van der Waals surface area contributed by atoms with E-state index in [9.17, 15) is 14.3 Å². The molecule has 2 unspecified atom stereocenters. The Labute approximate surface area is 145 Å². The minimum absolute atomic E-state index is 0.0242. The van der Waals surface area contributed by atoms with Gasteiger partial charge in [0, 0.05) is 36.8 Å². The molecule has 25 heavy (non-hydrogen) atoms. The number of aromatic nitrogens is 2. The van der Waals surface area contributed by atoms with Gasteiger partial charge in [-0.3, -0.25) is 4.79 Å². The lowest BCUT2D eigenvalue weighted by Gasteiger charge is -2.13. The Kier molecular flexibility index (Phi) is 4.27. The van der Waals surface area contributed by atoms with Crippen LogP contribution >= 0.6 is 0 Å². The van der Waals surface area contributed by atoms with Crippen molar-refractivity contribution in [1.82, 2.24) is 20.4 Å². The summed E-state index contributed by atoms with van der Waals surface area (Å²) < 4.78 is 14.9. The van der Waals surface area contributed by atoms with Crippen LogP contribution in [-0.2, 0) is 12.8 Å². The van der Waals surface area contributed by atoms with Gasteiger partial charge in [-0.15, -0.1) is 0 Å². The molecule has 7 heteroatoms. The third-order valence-electron chi connectivity index (χ3n) is 5.05. The largest absolute Gasteiger partial charge is 0.391 e. The number of halogens is 1.